The average Bonchev–Trinajstić information content (AvgIpc) is 2.63. The minimum atomic E-state index is -1.05. The Morgan fingerprint density at radius 1 is 1.65 bits per heavy atom. The predicted molar refractivity (Wildman–Crippen MR) is 69.1 cm³/mol. The molecule has 0 aliphatic rings. The predicted octanol–water partition coefficient (Wildman–Crippen LogP) is 2.13. The summed E-state index contributed by atoms with van der Waals surface area (Å²) in [5, 5.41) is 13.0. The number of hydrogen-bond acceptors (Lipinski definition) is 3. The number of carboxylic acid groups (broad SMARTS) is 1. The fourth-order valence-corrected chi connectivity index (χ4v) is 2.33. The summed E-state index contributed by atoms with van der Waals surface area (Å²) < 4.78 is 1.00. The summed E-state index contributed by atoms with van der Waals surface area (Å²) in [5.41, 5.74) is 1.00. The molecule has 2 N–H and O–H groups in total. The van der Waals surface area contributed by atoms with Gasteiger partial charge in [-0.2, -0.15) is 0 Å². The molecule has 0 saturated carbocycles. The number of carboxylic acids is 1. The molecule has 0 spiro atoms. The molecule has 0 bridgehead atoms. The molecule has 1 aromatic rings. The fourth-order valence-electron chi connectivity index (χ4n) is 1.13. The van der Waals surface area contributed by atoms with Gasteiger partial charge < -0.3 is 15.3 Å². The number of aliphatic carboxylic acids is 1. The first-order valence-electron chi connectivity index (χ1n) is 4.87. The van der Waals surface area contributed by atoms with Gasteiger partial charge in [-0.15, -0.1) is 11.3 Å². The van der Waals surface area contributed by atoms with Crippen LogP contribution in [0.5, 0.6) is 0 Å². The Balaban J connectivity index is 2.50. The lowest BCUT2D eigenvalue weighted by Gasteiger charge is -2.19. The highest BCUT2D eigenvalue weighted by atomic mass is 79.9. The molecule has 5 nitrogen and oxygen atoms in total. The van der Waals surface area contributed by atoms with Gasteiger partial charge in [-0.1, -0.05) is 0 Å². The number of urea groups is 1. The zero-order chi connectivity index (χ0) is 13.0. The molecule has 1 unspecified atom stereocenters. The summed E-state index contributed by atoms with van der Waals surface area (Å²) in [7, 11) is 1.62. The minimum Gasteiger partial charge on any atom is -0.480 e. The number of nitrogens with zero attached hydrogens (tertiary/aromatic N) is 1. The first kappa shape index (κ1) is 14.0. The quantitative estimate of drug-likeness (QED) is 0.892. The summed E-state index contributed by atoms with van der Waals surface area (Å²) in [6, 6.07) is 0.635. The normalized spacial score (nSPS) is 11.9. The number of rotatable bonds is 4. The summed E-state index contributed by atoms with van der Waals surface area (Å²) in [6.45, 7) is 1.87. The average molecular weight is 321 g/mol. The molecular weight excluding hydrogens is 308 g/mol. The van der Waals surface area contributed by atoms with Crippen LogP contribution in [-0.4, -0.2) is 35.1 Å². The smallest absolute Gasteiger partial charge is 0.325 e. The molecule has 94 valence electrons. The lowest BCUT2D eigenvalue weighted by molar-refractivity contribution is -0.138. The number of hydrogen-bond donors (Lipinski definition) is 2. The van der Waals surface area contributed by atoms with Crippen LogP contribution in [0.2, 0.25) is 0 Å². The second-order valence-electron chi connectivity index (χ2n) is 3.62. The number of amides is 2. The lowest BCUT2D eigenvalue weighted by atomic mass is 10.3. The van der Waals surface area contributed by atoms with Crippen molar-refractivity contribution in [3.8, 4) is 0 Å². The van der Waals surface area contributed by atoms with Crippen molar-refractivity contribution in [3.63, 3.8) is 0 Å². The number of carbonyl (C=O) groups excluding carboxylic acids is 1. The highest BCUT2D eigenvalue weighted by molar-refractivity contribution is 9.11. The number of carbonyl (C=O) groups is 2. The topological polar surface area (TPSA) is 69.6 Å². The number of halogens is 1. The van der Waals surface area contributed by atoms with Crippen molar-refractivity contribution in [1.82, 2.24) is 10.2 Å². The summed E-state index contributed by atoms with van der Waals surface area (Å²) in [4.78, 5) is 23.6. The van der Waals surface area contributed by atoms with Gasteiger partial charge in [0.15, 0.2) is 0 Å². The van der Waals surface area contributed by atoms with Gasteiger partial charge >= 0.3 is 12.0 Å². The first-order valence-corrected chi connectivity index (χ1v) is 6.54. The molecule has 0 aromatic carbocycles. The van der Waals surface area contributed by atoms with Gasteiger partial charge in [-0.3, -0.25) is 4.79 Å². The Morgan fingerprint density at radius 3 is 2.76 bits per heavy atom. The summed E-state index contributed by atoms with van der Waals surface area (Å²) in [5.74, 6) is -1.05. The summed E-state index contributed by atoms with van der Waals surface area (Å²) in [6.07, 6.45) is 0. The van der Waals surface area contributed by atoms with Gasteiger partial charge in [-0.25, -0.2) is 4.79 Å². The van der Waals surface area contributed by atoms with Crippen molar-refractivity contribution in [2.24, 2.45) is 0 Å². The first-order chi connectivity index (χ1) is 7.90. The maximum atomic E-state index is 11.6. The molecule has 7 heteroatoms. The van der Waals surface area contributed by atoms with Crippen molar-refractivity contribution >= 4 is 39.3 Å². The Labute approximate surface area is 112 Å². The second kappa shape index (κ2) is 6.02. The molecule has 2 amide bonds. The van der Waals surface area contributed by atoms with Crippen molar-refractivity contribution in [1.29, 1.82) is 0 Å². The van der Waals surface area contributed by atoms with Crippen LogP contribution in [-0.2, 0) is 11.3 Å². The Bertz CT molecular complexity index is 421. The molecule has 0 aliphatic carbocycles. The molecule has 0 fully saturated rings. The van der Waals surface area contributed by atoms with E-state index in [1.54, 1.807) is 18.4 Å². The molecule has 1 heterocycles. The van der Waals surface area contributed by atoms with Crippen LogP contribution in [0, 0.1) is 0 Å². The van der Waals surface area contributed by atoms with Crippen LogP contribution in [0.1, 0.15) is 12.5 Å². The number of thiophene rings is 1. The molecular formula is C10H13BrN2O3S. The van der Waals surface area contributed by atoms with Crippen molar-refractivity contribution < 1.29 is 14.7 Å². The Morgan fingerprint density at radius 2 is 2.29 bits per heavy atom. The molecule has 0 aliphatic heterocycles. The van der Waals surface area contributed by atoms with Crippen molar-refractivity contribution in [2.45, 2.75) is 19.5 Å². The van der Waals surface area contributed by atoms with E-state index in [1.807, 2.05) is 11.4 Å². The van der Waals surface area contributed by atoms with Crippen LogP contribution in [0.15, 0.2) is 15.2 Å². The molecule has 0 radical (unpaired) electrons. The third-order valence-corrected chi connectivity index (χ3v) is 3.65. The van der Waals surface area contributed by atoms with E-state index in [0.717, 1.165) is 9.35 Å². The highest BCUT2D eigenvalue weighted by Crippen LogP contribution is 2.21. The van der Waals surface area contributed by atoms with E-state index < -0.39 is 18.0 Å². The van der Waals surface area contributed by atoms with E-state index in [1.165, 1.54) is 11.8 Å². The monoisotopic (exact) mass is 320 g/mol. The van der Waals surface area contributed by atoms with E-state index in [4.69, 9.17) is 5.11 Å². The fraction of sp³-hybridized carbons (Fsp3) is 0.400. The SMILES string of the molecule is CC(NC(=O)N(C)Cc1csc(Br)c1)C(=O)O. The Hall–Kier alpha value is -1.08. The molecule has 17 heavy (non-hydrogen) atoms. The van der Waals surface area contributed by atoms with Crippen LogP contribution in [0.25, 0.3) is 0 Å². The zero-order valence-electron chi connectivity index (χ0n) is 9.44. The second-order valence-corrected chi connectivity index (χ2v) is 5.92. The van der Waals surface area contributed by atoms with Gasteiger partial charge in [0.05, 0.1) is 3.79 Å². The lowest BCUT2D eigenvalue weighted by Crippen LogP contribution is -2.44. The molecule has 0 saturated heterocycles. The van der Waals surface area contributed by atoms with Crippen LogP contribution < -0.4 is 5.32 Å². The van der Waals surface area contributed by atoms with E-state index in [9.17, 15) is 9.59 Å². The maximum Gasteiger partial charge on any atom is 0.325 e. The van der Waals surface area contributed by atoms with E-state index in [-0.39, 0.29) is 0 Å². The standard InChI is InChI=1S/C10H13BrN2O3S/c1-6(9(14)15)12-10(16)13(2)4-7-3-8(11)17-5-7/h3,5-6H,4H2,1-2H3,(H,12,16)(H,14,15). The zero-order valence-corrected chi connectivity index (χ0v) is 11.8. The van der Waals surface area contributed by atoms with Crippen molar-refractivity contribution in [3.05, 3.63) is 20.8 Å². The summed E-state index contributed by atoms with van der Waals surface area (Å²) >= 11 is 4.88. The van der Waals surface area contributed by atoms with E-state index >= 15 is 0 Å². The molecule has 1 rings (SSSR count). The largest absolute Gasteiger partial charge is 0.480 e. The third-order valence-electron chi connectivity index (χ3n) is 2.10. The van der Waals surface area contributed by atoms with Gasteiger partial charge in [0.25, 0.3) is 0 Å². The molecule has 1 aromatic heterocycles. The van der Waals surface area contributed by atoms with Gasteiger partial charge in [0.2, 0.25) is 0 Å². The molecule has 1 atom stereocenters. The van der Waals surface area contributed by atoms with Gasteiger partial charge in [-0.05, 0) is 39.9 Å². The third kappa shape index (κ3) is 4.35. The van der Waals surface area contributed by atoms with E-state index in [0.29, 0.717) is 6.54 Å². The Kier molecular flexibility index (Phi) is 4.95. The van der Waals surface area contributed by atoms with Gasteiger partial charge in [0, 0.05) is 13.6 Å². The van der Waals surface area contributed by atoms with Crippen LogP contribution >= 0.6 is 27.3 Å². The minimum absolute atomic E-state index is 0.401. The van der Waals surface area contributed by atoms with E-state index in [2.05, 4.69) is 21.2 Å². The van der Waals surface area contributed by atoms with Crippen LogP contribution in [0.4, 0.5) is 4.79 Å². The van der Waals surface area contributed by atoms with Crippen molar-refractivity contribution in [2.75, 3.05) is 7.05 Å². The van der Waals surface area contributed by atoms with Gasteiger partial charge in [0.1, 0.15) is 6.04 Å². The highest BCUT2D eigenvalue weighted by Gasteiger charge is 2.17. The number of nitrogens with one attached hydrogen (secondary N) is 1. The van der Waals surface area contributed by atoms with Crippen LogP contribution in [0.3, 0.4) is 0 Å². The maximum absolute atomic E-state index is 11.6.